The van der Waals surface area contributed by atoms with Crippen LogP contribution >= 0.6 is 0 Å². The van der Waals surface area contributed by atoms with Crippen molar-refractivity contribution in [2.75, 3.05) is 11.9 Å². The SMILES string of the molecule is CN(Cc1nc2ccccc2n1C)c1ncccc1C#N. The van der Waals surface area contributed by atoms with Crippen molar-refractivity contribution in [2.45, 2.75) is 6.54 Å². The van der Waals surface area contributed by atoms with Crippen molar-refractivity contribution in [3.8, 4) is 6.07 Å². The molecule has 3 rings (SSSR count). The number of hydrogen-bond acceptors (Lipinski definition) is 4. The number of aromatic nitrogens is 3. The van der Waals surface area contributed by atoms with Crippen LogP contribution in [0.1, 0.15) is 11.4 Å². The third kappa shape index (κ3) is 2.32. The summed E-state index contributed by atoms with van der Waals surface area (Å²) in [5, 5.41) is 9.16. The van der Waals surface area contributed by atoms with E-state index in [0.29, 0.717) is 17.9 Å². The summed E-state index contributed by atoms with van der Waals surface area (Å²) >= 11 is 0. The summed E-state index contributed by atoms with van der Waals surface area (Å²) in [7, 11) is 3.92. The molecule has 2 heterocycles. The molecule has 0 aliphatic carbocycles. The normalized spacial score (nSPS) is 10.5. The van der Waals surface area contributed by atoms with Crippen molar-refractivity contribution in [1.82, 2.24) is 14.5 Å². The highest BCUT2D eigenvalue weighted by Crippen LogP contribution is 2.19. The van der Waals surface area contributed by atoms with Gasteiger partial charge in [-0.15, -0.1) is 0 Å². The Morgan fingerprint density at radius 2 is 2.05 bits per heavy atom. The number of pyridine rings is 1. The molecule has 0 amide bonds. The van der Waals surface area contributed by atoms with Crippen molar-refractivity contribution in [3.05, 3.63) is 54.0 Å². The van der Waals surface area contributed by atoms with Crippen LogP contribution in [0, 0.1) is 11.3 Å². The summed E-state index contributed by atoms with van der Waals surface area (Å²) in [6.45, 7) is 0.594. The maximum absolute atomic E-state index is 9.16. The van der Waals surface area contributed by atoms with E-state index in [1.807, 2.05) is 43.3 Å². The number of nitriles is 1. The first kappa shape index (κ1) is 13.1. The van der Waals surface area contributed by atoms with Crippen LogP contribution in [0.3, 0.4) is 0 Å². The molecule has 0 unspecified atom stereocenters. The zero-order valence-corrected chi connectivity index (χ0v) is 12.0. The molecule has 5 heteroatoms. The van der Waals surface area contributed by atoms with Crippen molar-refractivity contribution >= 4 is 16.9 Å². The summed E-state index contributed by atoms with van der Waals surface area (Å²) in [4.78, 5) is 10.9. The van der Waals surface area contributed by atoms with Gasteiger partial charge in [-0.3, -0.25) is 0 Å². The van der Waals surface area contributed by atoms with E-state index >= 15 is 0 Å². The number of benzene rings is 1. The fraction of sp³-hybridized carbons (Fsp3) is 0.188. The predicted octanol–water partition coefficient (Wildman–Crippen LogP) is 2.48. The fourth-order valence-corrected chi connectivity index (χ4v) is 2.41. The Kier molecular flexibility index (Phi) is 3.28. The number of imidazole rings is 1. The molecular formula is C16H15N5. The number of nitrogens with zero attached hydrogens (tertiary/aromatic N) is 5. The zero-order chi connectivity index (χ0) is 14.8. The van der Waals surface area contributed by atoms with E-state index in [2.05, 4.69) is 20.6 Å². The van der Waals surface area contributed by atoms with Crippen molar-refractivity contribution in [3.63, 3.8) is 0 Å². The Morgan fingerprint density at radius 1 is 1.24 bits per heavy atom. The third-order valence-corrected chi connectivity index (χ3v) is 3.53. The van der Waals surface area contributed by atoms with Gasteiger partial charge in [0.25, 0.3) is 0 Å². The molecule has 1 aromatic carbocycles. The lowest BCUT2D eigenvalue weighted by molar-refractivity contribution is 0.768. The van der Waals surface area contributed by atoms with Gasteiger partial charge in [0.15, 0.2) is 0 Å². The molecule has 21 heavy (non-hydrogen) atoms. The van der Waals surface area contributed by atoms with Crippen molar-refractivity contribution < 1.29 is 0 Å². The van der Waals surface area contributed by atoms with Crippen LogP contribution in [0.15, 0.2) is 42.6 Å². The van der Waals surface area contributed by atoms with Gasteiger partial charge in [-0.2, -0.15) is 5.26 Å². The molecule has 0 N–H and O–H groups in total. The van der Waals surface area contributed by atoms with Crippen LogP contribution in [0.2, 0.25) is 0 Å². The number of aryl methyl sites for hydroxylation is 1. The molecule has 0 aliphatic heterocycles. The molecule has 0 saturated heterocycles. The number of hydrogen-bond donors (Lipinski definition) is 0. The second-order valence-corrected chi connectivity index (χ2v) is 4.92. The Labute approximate surface area is 123 Å². The molecule has 3 aromatic rings. The van der Waals surface area contributed by atoms with Crippen molar-refractivity contribution in [2.24, 2.45) is 7.05 Å². The lowest BCUT2D eigenvalue weighted by atomic mass is 10.2. The Morgan fingerprint density at radius 3 is 2.81 bits per heavy atom. The van der Waals surface area contributed by atoms with Gasteiger partial charge in [0.05, 0.1) is 23.1 Å². The Bertz CT molecular complexity index is 828. The van der Waals surface area contributed by atoms with Crippen LogP contribution in [0.5, 0.6) is 0 Å². The molecule has 0 spiro atoms. The maximum Gasteiger partial charge on any atom is 0.146 e. The molecule has 0 fully saturated rings. The van der Waals surface area contributed by atoms with E-state index in [0.717, 1.165) is 16.9 Å². The molecule has 0 aliphatic rings. The molecule has 0 bridgehead atoms. The highest BCUT2D eigenvalue weighted by Gasteiger charge is 2.13. The molecule has 0 atom stereocenters. The highest BCUT2D eigenvalue weighted by atomic mass is 15.2. The molecule has 0 radical (unpaired) electrons. The van der Waals surface area contributed by atoms with Crippen molar-refractivity contribution in [1.29, 1.82) is 5.26 Å². The van der Waals surface area contributed by atoms with Gasteiger partial charge in [-0.05, 0) is 24.3 Å². The van der Waals surface area contributed by atoms with Gasteiger partial charge in [0, 0.05) is 20.3 Å². The van der Waals surface area contributed by atoms with Crippen LogP contribution < -0.4 is 4.90 Å². The van der Waals surface area contributed by atoms with E-state index in [1.54, 1.807) is 18.3 Å². The quantitative estimate of drug-likeness (QED) is 0.738. The zero-order valence-electron chi connectivity index (χ0n) is 12.0. The second-order valence-electron chi connectivity index (χ2n) is 4.92. The Hall–Kier alpha value is -2.87. The number of rotatable bonds is 3. The standard InChI is InChI=1S/C16H15N5/c1-20(16-12(10-17)6-5-9-18-16)11-15-19-13-7-3-4-8-14(13)21(15)2/h3-9H,11H2,1-2H3. The third-order valence-electron chi connectivity index (χ3n) is 3.53. The number of anilines is 1. The average Bonchev–Trinajstić information content (AvgIpc) is 2.84. The van der Waals surface area contributed by atoms with Gasteiger partial charge < -0.3 is 9.47 Å². The molecule has 104 valence electrons. The molecule has 0 saturated carbocycles. The average molecular weight is 277 g/mol. The maximum atomic E-state index is 9.16. The highest BCUT2D eigenvalue weighted by molar-refractivity contribution is 5.75. The predicted molar refractivity (Wildman–Crippen MR) is 81.8 cm³/mol. The van der Waals surface area contributed by atoms with Gasteiger partial charge in [-0.25, -0.2) is 9.97 Å². The Balaban J connectivity index is 1.95. The molecule has 2 aromatic heterocycles. The summed E-state index contributed by atoms with van der Waals surface area (Å²) in [6.07, 6.45) is 1.70. The first-order chi connectivity index (χ1) is 10.2. The van der Waals surface area contributed by atoms with Crippen LogP contribution in [0.4, 0.5) is 5.82 Å². The number of fused-ring (bicyclic) bond motifs is 1. The summed E-state index contributed by atoms with van der Waals surface area (Å²) in [6, 6.07) is 13.7. The van der Waals surface area contributed by atoms with E-state index in [1.165, 1.54) is 0 Å². The lowest BCUT2D eigenvalue weighted by Gasteiger charge is -2.18. The number of para-hydroxylation sites is 2. The lowest BCUT2D eigenvalue weighted by Crippen LogP contribution is -2.21. The van der Waals surface area contributed by atoms with Crippen LogP contribution in [-0.2, 0) is 13.6 Å². The second kappa shape index (κ2) is 5.25. The van der Waals surface area contributed by atoms with Gasteiger partial charge in [-0.1, -0.05) is 12.1 Å². The van der Waals surface area contributed by atoms with E-state index in [4.69, 9.17) is 5.26 Å². The van der Waals surface area contributed by atoms with E-state index in [-0.39, 0.29) is 0 Å². The smallest absolute Gasteiger partial charge is 0.146 e. The summed E-state index contributed by atoms with van der Waals surface area (Å²) in [5.74, 6) is 1.61. The van der Waals surface area contributed by atoms with Gasteiger partial charge >= 0.3 is 0 Å². The van der Waals surface area contributed by atoms with E-state index < -0.39 is 0 Å². The van der Waals surface area contributed by atoms with E-state index in [9.17, 15) is 0 Å². The van der Waals surface area contributed by atoms with Gasteiger partial charge in [0.2, 0.25) is 0 Å². The summed E-state index contributed by atoms with van der Waals surface area (Å²) in [5.41, 5.74) is 2.64. The minimum absolute atomic E-state index is 0.568. The fourth-order valence-electron chi connectivity index (χ4n) is 2.41. The first-order valence-corrected chi connectivity index (χ1v) is 6.67. The summed E-state index contributed by atoms with van der Waals surface area (Å²) < 4.78 is 2.07. The minimum atomic E-state index is 0.568. The first-order valence-electron chi connectivity index (χ1n) is 6.67. The monoisotopic (exact) mass is 277 g/mol. The largest absolute Gasteiger partial charge is 0.351 e. The van der Waals surface area contributed by atoms with Crippen LogP contribution in [-0.4, -0.2) is 21.6 Å². The van der Waals surface area contributed by atoms with Crippen LogP contribution in [0.25, 0.3) is 11.0 Å². The topological polar surface area (TPSA) is 57.7 Å². The molecular weight excluding hydrogens is 262 g/mol. The van der Waals surface area contributed by atoms with Gasteiger partial charge in [0.1, 0.15) is 17.7 Å². The minimum Gasteiger partial charge on any atom is -0.351 e. The molecule has 5 nitrogen and oxygen atoms in total.